The Bertz CT molecular complexity index is 1180. The van der Waals surface area contributed by atoms with Crippen LogP contribution in [0.1, 0.15) is 39.7 Å². The number of amides is 2. The van der Waals surface area contributed by atoms with E-state index >= 15 is 0 Å². The summed E-state index contributed by atoms with van der Waals surface area (Å²) in [6.07, 6.45) is 1.34. The molecule has 0 aliphatic rings. The van der Waals surface area contributed by atoms with E-state index < -0.39 is 34.1 Å². The smallest absolute Gasteiger partial charge is 0.244 e. The molecule has 2 rings (SSSR count). The Balaban J connectivity index is 2.47. The molecule has 0 spiro atoms. The lowest BCUT2D eigenvalue weighted by Gasteiger charge is -2.34. The first-order chi connectivity index (χ1) is 16.7. The number of sulfonamides is 1. The predicted octanol–water partition coefficient (Wildman–Crippen LogP) is 4.49. The van der Waals surface area contributed by atoms with Gasteiger partial charge in [-0.25, -0.2) is 8.42 Å². The van der Waals surface area contributed by atoms with Gasteiger partial charge in [0.25, 0.3) is 0 Å². The number of ether oxygens (including phenoxy) is 1. The highest BCUT2D eigenvalue weighted by Crippen LogP contribution is 2.25. The number of hydrogen-bond donors (Lipinski definition) is 1. The summed E-state index contributed by atoms with van der Waals surface area (Å²) in [6.45, 7) is 6.87. The second kappa shape index (κ2) is 12.2. The monoisotopic (exact) mass is 557 g/mol. The molecule has 36 heavy (non-hydrogen) atoms. The molecule has 2 aromatic rings. The van der Waals surface area contributed by atoms with Crippen LogP contribution in [0.5, 0.6) is 5.75 Å². The lowest BCUT2D eigenvalue weighted by Crippen LogP contribution is -2.55. The molecule has 0 bridgehead atoms. The maximum Gasteiger partial charge on any atom is 0.244 e. The van der Waals surface area contributed by atoms with Crippen LogP contribution < -0.4 is 14.4 Å². The summed E-state index contributed by atoms with van der Waals surface area (Å²) >= 11 is 12.2. The summed E-state index contributed by atoms with van der Waals surface area (Å²) in [6, 6.07) is 10.4. The third-order valence-corrected chi connectivity index (χ3v) is 7.14. The SMILES string of the molecule is CC[C@H](C(=O)NC(C)(C)C)N(Cc1ccc(Cl)c(Cl)c1)C(=O)CN(c1ccc(OC)cc1)S(C)(=O)=O. The molecule has 0 saturated carbocycles. The topological polar surface area (TPSA) is 96.0 Å². The number of benzene rings is 2. The number of anilines is 1. The lowest BCUT2D eigenvalue weighted by molar-refractivity contribution is -0.141. The van der Waals surface area contributed by atoms with Crippen molar-refractivity contribution < 1.29 is 22.7 Å². The van der Waals surface area contributed by atoms with Gasteiger partial charge in [-0.1, -0.05) is 36.2 Å². The van der Waals surface area contributed by atoms with E-state index in [1.165, 1.54) is 12.0 Å². The summed E-state index contributed by atoms with van der Waals surface area (Å²) in [4.78, 5) is 28.2. The van der Waals surface area contributed by atoms with Crippen LogP contribution in [0.25, 0.3) is 0 Å². The number of hydrogen-bond acceptors (Lipinski definition) is 5. The molecule has 0 heterocycles. The van der Waals surface area contributed by atoms with E-state index in [1.54, 1.807) is 49.4 Å². The fraction of sp³-hybridized carbons (Fsp3) is 0.440. The number of carbonyl (C=O) groups excluding carboxylic acids is 2. The molecule has 8 nitrogen and oxygen atoms in total. The molecule has 11 heteroatoms. The summed E-state index contributed by atoms with van der Waals surface area (Å²) in [7, 11) is -2.33. The Hall–Kier alpha value is -2.49. The highest BCUT2D eigenvalue weighted by atomic mass is 35.5. The molecule has 0 aliphatic carbocycles. The van der Waals surface area contributed by atoms with Gasteiger partial charge in [0.15, 0.2) is 0 Å². The summed E-state index contributed by atoms with van der Waals surface area (Å²) in [5, 5.41) is 3.58. The molecular formula is C25H33Cl2N3O5S. The highest BCUT2D eigenvalue weighted by molar-refractivity contribution is 7.92. The van der Waals surface area contributed by atoms with Gasteiger partial charge in [0.05, 0.1) is 29.1 Å². The normalized spacial score (nSPS) is 12.6. The minimum atomic E-state index is -3.83. The molecule has 0 fully saturated rings. The van der Waals surface area contributed by atoms with Crippen molar-refractivity contribution in [3.8, 4) is 5.75 Å². The molecule has 0 aromatic heterocycles. The van der Waals surface area contributed by atoms with Crippen LogP contribution in [0.3, 0.4) is 0 Å². The fourth-order valence-electron chi connectivity index (χ4n) is 3.57. The summed E-state index contributed by atoms with van der Waals surface area (Å²) in [5.74, 6) is -0.336. The average Bonchev–Trinajstić information content (AvgIpc) is 2.77. The zero-order valence-electron chi connectivity index (χ0n) is 21.3. The van der Waals surface area contributed by atoms with E-state index in [-0.39, 0.29) is 12.5 Å². The van der Waals surface area contributed by atoms with Gasteiger partial charge in [0.2, 0.25) is 21.8 Å². The van der Waals surface area contributed by atoms with Gasteiger partial charge in [-0.15, -0.1) is 0 Å². The summed E-state index contributed by atoms with van der Waals surface area (Å²) in [5.41, 5.74) is 0.425. The molecule has 0 saturated heterocycles. The first kappa shape index (κ1) is 29.7. The second-order valence-electron chi connectivity index (χ2n) is 9.40. The fourth-order valence-corrected chi connectivity index (χ4v) is 4.74. The number of rotatable bonds is 10. The zero-order valence-corrected chi connectivity index (χ0v) is 23.7. The summed E-state index contributed by atoms with van der Waals surface area (Å²) < 4.78 is 31.5. The molecule has 0 unspecified atom stereocenters. The van der Waals surface area contributed by atoms with Crippen LogP contribution >= 0.6 is 23.2 Å². The van der Waals surface area contributed by atoms with Crippen molar-refractivity contribution in [3.63, 3.8) is 0 Å². The molecule has 1 atom stereocenters. The van der Waals surface area contributed by atoms with E-state index in [0.717, 1.165) is 10.6 Å². The van der Waals surface area contributed by atoms with Crippen LogP contribution in [0, 0.1) is 0 Å². The average molecular weight is 559 g/mol. The Morgan fingerprint density at radius 3 is 2.14 bits per heavy atom. The van der Waals surface area contributed by atoms with Gasteiger partial charge in [-0.05, 0) is 69.2 Å². The van der Waals surface area contributed by atoms with Crippen molar-refractivity contribution in [3.05, 3.63) is 58.1 Å². The number of methoxy groups -OCH3 is 1. The van der Waals surface area contributed by atoms with E-state index in [2.05, 4.69) is 5.32 Å². The van der Waals surface area contributed by atoms with Crippen LogP contribution in [0.4, 0.5) is 5.69 Å². The number of nitrogens with zero attached hydrogens (tertiary/aromatic N) is 2. The first-order valence-electron chi connectivity index (χ1n) is 11.3. The molecule has 2 amide bonds. The van der Waals surface area contributed by atoms with Crippen LogP contribution in [0.2, 0.25) is 10.0 Å². The lowest BCUT2D eigenvalue weighted by atomic mass is 10.1. The minimum Gasteiger partial charge on any atom is -0.497 e. The molecular weight excluding hydrogens is 525 g/mol. The van der Waals surface area contributed by atoms with Crippen molar-refractivity contribution in [2.45, 2.75) is 52.2 Å². The molecule has 198 valence electrons. The van der Waals surface area contributed by atoms with Gasteiger partial charge in [-0.2, -0.15) is 0 Å². The first-order valence-corrected chi connectivity index (χ1v) is 13.9. The third kappa shape index (κ3) is 8.28. The van der Waals surface area contributed by atoms with Crippen molar-refractivity contribution >= 4 is 50.7 Å². The standard InChI is InChI=1S/C25H33Cl2N3O5S/c1-7-22(24(32)28-25(2,3)4)29(15-17-8-13-20(26)21(27)14-17)23(31)16-30(36(6,33)34)18-9-11-19(35-5)12-10-18/h8-14,22H,7,15-16H2,1-6H3,(H,28,32)/t22-/m1/s1. The minimum absolute atomic E-state index is 0.0337. The molecule has 1 N–H and O–H groups in total. The maximum atomic E-state index is 13.7. The molecule has 0 aliphatic heterocycles. The van der Waals surface area contributed by atoms with Gasteiger partial charge in [-0.3, -0.25) is 13.9 Å². The Morgan fingerprint density at radius 1 is 1.06 bits per heavy atom. The van der Waals surface area contributed by atoms with Gasteiger partial charge < -0.3 is 15.0 Å². The second-order valence-corrected chi connectivity index (χ2v) is 12.1. The van der Waals surface area contributed by atoms with Gasteiger partial charge in [0.1, 0.15) is 18.3 Å². The number of nitrogens with one attached hydrogen (secondary N) is 1. The predicted molar refractivity (Wildman–Crippen MR) is 144 cm³/mol. The van der Waals surface area contributed by atoms with Crippen LogP contribution in [0.15, 0.2) is 42.5 Å². The van der Waals surface area contributed by atoms with Gasteiger partial charge in [0, 0.05) is 12.1 Å². The maximum absolute atomic E-state index is 13.7. The largest absolute Gasteiger partial charge is 0.497 e. The quantitative estimate of drug-likeness (QED) is 0.464. The van der Waals surface area contributed by atoms with Crippen molar-refractivity contribution in [1.82, 2.24) is 10.2 Å². The third-order valence-electron chi connectivity index (χ3n) is 5.26. The zero-order chi connectivity index (χ0) is 27.3. The Morgan fingerprint density at radius 2 is 1.67 bits per heavy atom. The van der Waals surface area contributed by atoms with Crippen molar-refractivity contribution in [2.24, 2.45) is 0 Å². The van der Waals surface area contributed by atoms with E-state index in [1.807, 2.05) is 20.8 Å². The van der Waals surface area contributed by atoms with Crippen molar-refractivity contribution in [1.29, 1.82) is 0 Å². The van der Waals surface area contributed by atoms with E-state index in [4.69, 9.17) is 27.9 Å². The number of halogens is 2. The molecule has 2 aromatic carbocycles. The van der Waals surface area contributed by atoms with Gasteiger partial charge >= 0.3 is 0 Å². The van der Waals surface area contributed by atoms with Crippen molar-refractivity contribution in [2.75, 3.05) is 24.2 Å². The van der Waals surface area contributed by atoms with E-state index in [0.29, 0.717) is 33.5 Å². The highest BCUT2D eigenvalue weighted by Gasteiger charge is 2.33. The van der Waals surface area contributed by atoms with E-state index in [9.17, 15) is 18.0 Å². The molecule has 0 radical (unpaired) electrons. The Kier molecular flexibility index (Phi) is 10.0. The van der Waals surface area contributed by atoms with Crippen LogP contribution in [-0.4, -0.2) is 56.6 Å². The van der Waals surface area contributed by atoms with Crippen LogP contribution in [-0.2, 0) is 26.2 Å². The number of carbonyl (C=O) groups is 2. The Labute approximate surface area is 223 Å².